The van der Waals surface area contributed by atoms with Crippen LogP contribution >= 0.6 is 0 Å². The van der Waals surface area contributed by atoms with Crippen LogP contribution in [0.15, 0.2) is 4.42 Å². The van der Waals surface area contributed by atoms with Crippen LogP contribution in [0.1, 0.15) is 47.8 Å². The van der Waals surface area contributed by atoms with Crippen molar-refractivity contribution in [3.8, 4) is 0 Å². The summed E-state index contributed by atoms with van der Waals surface area (Å²) in [5, 5.41) is 0. The van der Waals surface area contributed by atoms with Gasteiger partial charge in [-0.25, -0.2) is 9.78 Å². The number of aromatic nitrogens is 1. The quantitative estimate of drug-likeness (QED) is 0.692. The van der Waals surface area contributed by atoms with Gasteiger partial charge >= 0.3 is 11.9 Å². The van der Waals surface area contributed by atoms with E-state index in [0.717, 1.165) is 24.3 Å². The summed E-state index contributed by atoms with van der Waals surface area (Å²) in [5.74, 6) is 0.951. The molecule has 1 aliphatic carbocycles. The Bertz CT molecular complexity index is 352. The molecule has 2 rings (SSSR count). The predicted molar refractivity (Wildman–Crippen MR) is 49.2 cm³/mol. The zero-order valence-electron chi connectivity index (χ0n) is 8.37. The van der Waals surface area contributed by atoms with E-state index in [-0.39, 0.29) is 5.89 Å². The number of carbonyl (C=O) groups excluding carboxylic acids is 1. The highest BCUT2D eigenvalue weighted by Crippen LogP contribution is 2.41. The lowest BCUT2D eigenvalue weighted by atomic mass is 10.3. The molecular weight excluding hydrogens is 182 g/mol. The Hall–Kier alpha value is -1.32. The van der Waals surface area contributed by atoms with Crippen LogP contribution in [0.25, 0.3) is 0 Å². The number of nitrogens with zero attached hydrogens (tertiary/aromatic N) is 1. The van der Waals surface area contributed by atoms with Gasteiger partial charge in [0.15, 0.2) is 0 Å². The zero-order valence-corrected chi connectivity index (χ0v) is 8.37. The number of oxazole rings is 1. The third kappa shape index (κ3) is 1.64. The van der Waals surface area contributed by atoms with Gasteiger partial charge in [0.05, 0.1) is 12.3 Å². The average molecular weight is 195 g/mol. The Kier molecular flexibility index (Phi) is 2.27. The van der Waals surface area contributed by atoms with Gasteiger partial charge in [0.25, 0.3) is 0 Å². The maximum Gasteiger partial charge on any atom is 0.394 e. The molecule has 0 radical (unpaired) electrons. The first-order valence-corrected chi connectivity index (χ1v) is 4.86. The molecule has 14 heavy (non-hydrogen) atoms. The van der Waals surface area contributed by atoms with Gasteiger partial charge in [0.1, 0.15) is 5.76 Å². The summed E-state index contributed by atoms with van der Waals surface area (Å²) in [6.07, 6.45) is 2.27. The first-order chi connectivity index (χ1) is 6.72. The summed E-state index contributed by atoms with van der Waals surface area (Å²) in [6, 6.07) is 0. The molecule has 0 bridgehead atoms. The molecule has 0 unspecified atom stereocenters. The normalized spacial score (nSPS) is 15.6. The number of carbonyl (C=O) groups is 1. The molecule has 0 spiro atoms. The largest absolute Gasteiger partial charge is 0.459 e. The molecule has 76 valence electrons. The molecule has 4 heteroatoms. The molecule has 0 atom stereocenters. The van der Waals surface area contributed by atoms with Gasteiger partial charge in [-0.2, -0.15) is 0 Å². The van der Waals surface area contributed by atoms with Crippen LogP contribution < -0.4 is 0 Å². The topological polar surface area (TPSA) is 52.3 Å². The Morgan fingerprint density at radius 1 is 1.64 bits per heavy atom. The van der Waals surface area contributed by atoms with Crippen molar-refractivity contribution in [1.29, 1.82) is 0 Å². The molecule has 0 amide bonds. The standard InChI is InChI=1S/C10H13NO3/c1-3-13-10(12)9-11-6(2)8(14-9)7-4-5-7/h7H,3-5H2,1-2H3. The van der Waals surface area contributed by atoms with Crippen LogP contribution in [0.2, 0.25) is 0 Å². The van der Waals surface area contributed by atoms with E-state index in [0.29, 0.717) is 12.5 Å². The fraction of sp³-hybridized carbons (Fsp3) is 0.600. The van der Waals surface area contributed by atoms with Crippen LogP contribution in [0.3, 0.4) is 0 Å². The molecule has 4 nitrogen and oxygen atoms in total. The van der Waals surface area contributed by atoms with Crippen molar-refractivity contribution in [2.75, 3.05) is 6.61 Å². The molecular formula is C10H13NO3. The van der Waals surface area contributed by atoms with Crippen molar-refractivity contribution in [1.82, 2.24) is 4.98 Å². The van der Waals surface area contributed by atoms with Crippen molar-refractivity contribution < 1.29 is 13.9 Å². The minimum atomic E-state index is -0.470. The van der Waals surface area contributed by atoms with Crippen molar-refractivity contribution in [3.63, 3.8) is 0 Å². The second-order valence-electron chi connectivity index (χ2n) is 3.46. The fourth-order valence-corrected chi connectivity index (χ4v) is 1.41. The van der Waals surface area contributed by atoms with E-state index in [2.05, 4.69) is 4.98 Å². The third-order valence-electron chi connectivity index (χ3n) is 2.23. The van der Waals surface area contributed by atoms with Crippen LogP contribution in [-0.2, 0) is 4.74 Å². The van der Waals surface area contributed by atoms with Gasteiger partial charge in [-0.15, -0.1) is 0 Å². The Morgan fingerprint density at radius 3 is 2.93 bits per heavy atom. The lowest BCUT2D eigenvalue weighted by Crippen LogP contribution is -2.04. The monoisotopic (exact) mass is 195 g/mol. The average Bonchev–Trinajstić information content (AvgIpc) is 2.91. The molecule has 0 N–H and O–H groups in total. The molecule has 0 saturated heterocycles. The molecule has 1 aromatic heterocycles. The third-order valence-corrected chi connectivity index (χ3v) is 2.23. The van der Waals surface area contributed by atoms with Crippen LogP contribution in [0.4, 0.5) is 0 Å². The second-order valence-corrected chi connectivity index (χ2v) is 3.46. The molecule has 1 fully saturated rings. The SMILES string of the molecule is CCOC(=O)c1nc(C)c(C2CC2)o1. The van der Waals surface area contributed by atoms with E-state index < -0.39 is 5.97 Å². The van der Waals surface area contributed by atoms with Gasteiger partial charge in [0.2, 0.25) is 0 Å². The van der Waals surface area contributed by atoms with E-state index in [1.807, 2.05) is 6.92 Å². The van der Waals surface area contributed by atoms with E-state index in [1.165, 1.54) is 0 Å². The Morgan fingerprint density at radius 2 is 2.36 bits per heavy atom. The lowest BCUT2D eigenvalue weighted by Gasteiger charge is -1.95. The Balaban J connectivity index is 2.18. The number of aryl methyl sites for hydroxylation is 1. The first kappa shape index (κ1) is 9.24. The predicted octanol–water partition coefficient (Wildman–Crippen LogP) is 2.04. The second kappa shape index (κ2) is 3.44. The minimum absolute atomic E-state index is 0.0891. The van der Waals surface area contributed by atoms with Gasteiger partial charge in [-0.05, 0) is 26.7 Å². The maximum atomic E-state index is 11.3. The number of rotatable bonds is 3. The smallest absolute Gasteiger partial charge is 0.394 e. The Labute approximate surface area is 82.3 Å². The van der Waals surface area contributed by atoms with Crippen molar-refractivity contribution in [2.24, 2.45) is 0 Å². The molecule has 0 aromatic carbocycles. The summed E-state index contributed by atoms with van der Waals surface area (Å²) in [6.45, 7) is 3.97. The van der Waals surface area contributed by atoms with E-state index >= 15 is 0 Å². The summed E-state index contributed by atoms with van der Waals surface area (Å²) in [4.78, 5) is 15.3. The lowest BCUT2D eigenvalue weighted by molar-refractivity contribution is 0.0479. The molecule has 1 heterocycles. The molecule has 1 aromatic rings. The van der Waals surface area contributed by atoms with E-state index in [9.17, 15) is 4.79 Å². The highest BCUT2D eigenvalue weighted by molar-refractivity contribution is 5.84. The molecule has 0 aliphatic heterocycles. The summed E-state index contributed by atoms with van der Waals surface area (Å²) in [5.41, 5.74) is 0.815. The fourth-order valence-electron chi connectivity index (χ4n) is 1.41. The maximum absolute atomic E-state index is 11.3. The van der Waals surface area contributed by atoms with Crippen LogP contribution in [0, 0.1) is 6.92 Å². The van der Waals surface area contributed by atoms with Gasteiger partial charge < -0.3 is 9.15 Å². The number of ether oxygens (including phenoxy) is 1. The van der Waals surface area contributed by atoms with Crippen LogP contribution in [-0.4, -0.2) is 17.6 Å². The number of hydrogen-bond acceptors (Lipinski definition) is 4. The van der Waals surface area contributed by atoms with Gasteiger partial charge in [-0.1, -0.05) is 0 Å². The summed E-state index contributed by atoms with van der Waals surface area (Å²) < 4.78 is 10.2. The minimum Gasteiger partial charge on any atom is -0.459 e. The van der Waals surface area contributed by atoms with E-state index in [4.69, 9.17) is 9.15 Å². The molecule has 1 aliphatic rings. The van der Waals surface area contributed by atoms with Crippen LogP contribution in [0.5, 0.6) is 0 Å². The summed E-state index contributed by atoms with van der Waals surface area (Å²) >= 11 is 0. The van der Waals surface area contributed by atoms with E-state index in [1.54, 1.807) is 6.92 Å². The van der Waals surface area contributed by atoms with Gasteiger partial charge in [0, 0.05) is 5.92 Å². The number of hydrogen-bond donors (Lipinski definition) is 0. The number of esters is 1. The molecule has 1 saturated carbocycles. The first-order valence-electron chi connectivity index (χ1n) is 4.86. The highest BCUT2D eigenvalue weighted by Gasteiger charge is 2.31. The highest BCUT2D eigenvalue weighted by atomic mass is 16.5. The van der Waals surface area contributed by atoms with Gasteiger partial charge in [-0.3, -0.25) is 0 Å². The van der Waals surface area contributed by atoms with Crippen molar-refractivity contribution in [2.45, 2.75) is 32.6 Å². The summed E-state index contributed by atoms with van der Waals surface area (Å²) in [7, 11) is 0. The van der Waals surface area contributed by atoms with Crippen molar-refractivity contribution >= 4 is 5.97 Å². The zero-order chi connectivity index (χ0) is 10.1. The van der Waals surface area contributed by atoms with Crippen molar-refractivity contribution in [3.05, 3.63) is 17.3 Å².